The van der Waals surface area contributed by atoms with Crippen LogP contribution in [0.25, 0.3) is 0 Å². The van der Waals surface area contributed by atoms with Crippen molar-refractivity contribution in [3.63, 3.8) is 0 Å². The molecule has 0 aliphatic heterocycles. The maximum atomic E-state index is 11.7. The lowest BCUT2D eigenvalue weighted by Gasteiger charge is -2.17. The minimum Gasteiger partial charge on any atom is -0.353 e. The second-order valence-corrected chi connectivity index (χ2v) is 6.17. The van der Waals surface area contributed by atoms with E-state index in [9.17, 15) is 9.00 Å². The largest absolute Gasteiger partial charge is 0.353 e. The SMILES string of the molecule is CCCC(C)NC(=O)C(C)S(=O)CC(C)N. The zero-order chi connectivity index (χ0) is 12.7. The van der Waals surface area contributed by atoms with E-state index in [1.807, 2.05) is 6.92 Å². The molecule has 3 N–H and O–H groups in total. The number of rotatable bonds is 7. The molecular weight excluding hydrogens is 224 g/mol. The van der Waals surface area contributed by atoms with Crippen LogP contribution in [-0.4, -0.2) is 33.2 Å². The third-order valence-electron chi connectivity index (χ3n) is 2.30. The minimum absolute atomic E-state index is 0.135. The molecule has 0 aromatic heterocycles. The second-order valence-electron chi connectivity index (χ2n) is 4.37. The molecule has 4 unspecified atom stereocenters. The third-order valence-corrected chi connectivity index (χ3v) is 4.16. The van der Waals surface area contributed by atoms with E-state index < -0.39 is 16.0 Å². The Labute approximate surface area is 101 Å². The fourth-order valence-corrected chi connectivity index (χ4v) is 2.50. The van der Waals surface area contributed by atoms with Crippen molar-refractivity contribution < 1.29 is 9.00 Å². The van der Waals surface area contributed by atoms with Crippen molar-refractivity contribution in [1.82, 2.24) is 5.32 Å². The molecule has 1 amide bonds. The van der Waals surface area contributed by atoms with E-state index in [1.54, 1.807) is 13.8 Å². The predicted molar refractivity (Wildman–Crippen MR) is 68.6 cm³/mol. The molecule has 0 aliphatic rings. The lowest BCUT2D eigenvalue weighted by molar-refractivity contribution is -0.121. The summed E-state index contributed by atoms with van der Waals surface area (Å²) >= 11 is 0. The number of carbonyl (C=O) groups excluding carboxylic acids is 1. The van der Waals surface area contributed by atoms with Crippen LogP contribution in [0, 0.1) is 0 Å². The third kappa shape index (κ3) is 6.23. The van der Waals surface area contributed by atoms with Crippen molar-refractivity contribution in [3.05, 3.63) is 0 Å². The van der Waals surface area contributed by atoms with Gasteiger partial charge in [-0.25, -0.2) is 0 Å². The number of hydrogen-bond donors (Lipinski definition) is 2. The van der Waals surface area contributed by atoms with Gasteiger partial charge in [0.25, 0.3) is 0 Å². The van der Waals surface area contributed by atoms with Crippen LogP contribution in [0.3, 0.4) is 0 Å². The number of amides is 1. The molecule has 5 heteroatoms. The van der Waals surface area contributed by atoms with Gasteiger partial charge in [-0.3, -0.25) is 9.00 Å². The summed E-state index contributed by atoms with van der Waals surface area (Å²) < 4.78 is 11.7. The Bertz CT molecular complexity index is 244. The van der Waals surface area contributed by atoms with Crippen LogP contribution in [-0.2, 0) is 15.6 Å². The molecular formula is C11H24N2O2S. The van der Waals surface area contributed by atoms with Gasteiger partial charge < -0.3 is 11.1 Å². The van der Waals surface area contributed by atoms with E-state index in [1.165, 1.54) is 0 Å². The number of nitrogens with one attached hydrogen (secondary N) is 1. The van der Waals surface area contributed by atoms with Crippen LogP contribution in [0.1, 0.15) is 40.5 Å². The Morgan fingerprint density at radius 1 is 1.38 bits per heavy atom. The zero-order valence-corrected chi connectivity index (χ0v) is 11.5. The molecule has 96 valence electrons. The normalized spacial score (nSPS) is 18.6. The van der Waals surface area contributed by atoms with Gasteiger partial charge in [0.2, 0.25) is 5.91 Å². The van der Waals surface area contributed by atoms with Crippen LogP contribution in [0.2, 0.25) is 0 Å². The Balaban J connectivity index is 4.12. The Morgan fingerprint density at radius 2 is 1.94 bits per heavy atom. The molecule has 16 heavy (non-hydrogen) atoms. The van der Waals surface area contributed by atoms with Gasteiger partial charge >= 0.3 is 0 Å². The zero-order valence-electron chi connectivity index (χ0n) is 10.7. The maximum Gasteiger partial charge on any atom is 0.235 e. The van der Waals surface area contributed by atoms with Gasteiger partial charge in [0.15, 0.2) is 0 Å². The van der Waals surface area contributed by atoms with E-state index in [0.29, 0.717) is 5.75 Å². The summed E-state index contributed by atoms with van der Waals surface area (Å²) in [5, 5.41) is 2.38. The first-order valence-corrected chi connectivity index (χ1v) is 7.19. The molecule has 0 fully saturated rings. The van der Waals surface area contributed by atoms with Crippen LogP contribution in [0.4, 0.5) is 0 Å². The quantitative estimate of drug-likeness (QED) is 0.699. The van der Waals surface area contributed by atoms with Crippen molar-refractivity contribution in [3.8, 4) is 0 Å². The second kappa shape index (κ2) is 7.79. The lowest BCUT2D eigenvalue weighted by Crippen LogP contribution is -2.42. The van der Waals surface area contributed by atoms with E-state index in [-0.39, 0.29) is 18.0 Å². The monoisotopic (exact) mass is 248 g/mol. The summed E-state index contributed by atoms with van der Waals surface area (Å²) in [4.78, 5) is 11.7. The highest BCUT2D eigenvalue weighted by Gasteiger charge is 2.21. The van der Waals surface area contributed by atoms with Gasteiger partial charge in [-0.1, -0.05) is 13.3 Å². The highest BCUT2D eigenvalue weighted by atomic mass is 32.2. The first-order chi connectivity index (χ1) is 7.38. The Kier molecular flexibility index (Phi) is 7.58. The van der Waals surface area contributed by atoms with Crippen LogP contribution < -0.4 is 11.1 Å². The average molecular weight is 248 g/mol. The molecule has 0 saturated heterocycles. The molecule has 0 spiro atoms. The summed E-state index contributed by atoms with van der Waals surface area (Å²) in [5.74, 6) is 0.233. The van der Waals surface area contributed by atoms with Crippen LogP contribution >= 0.6 is 0 Å². The molecule has 4 nitrogen and oxygen atoms in total. The fourth-order valence-electron chi connectivity index (χ4n) is 1.39. The highest BCUT2D eigenvalue weighted by Crippen LogP contribution is 2.01. The fraction of sp³-hybridized carbons (Fsp3) is 0.909. The van der Waals surface area contributed by atoms with Crippen LogP contribution in [0.5, 0.6) is 0 Å². The number of carbonyl (C=O) groups is 1. The molecule has 0 aromatic carbocycles. The van der Waals surface area contributed by atoms with Gasteiger partial charge in [-0.15, -0.1) is 0 Å². The smallest absolute Gasteiger partial charge is 0.235 e. The molecule has 0 radical (unpaired) electrons. The van der Waals surface area contributed by atoms with E-state index in [2.05, 4.69) is 12.2 Å². The summed E-state index contributed by atoms with van der Waals surface area (Å²) in [6, 6.07) is 0.0106. The van der Waals surface area contributed by atoms with Crippen molar-refractivity contribution in [1.29, 1.82) is 0 Å². The molecule has 0 aromatic rings. The standard InChI is InChI=1S/C11H24N2O2S/c1-5-6-9(3)13-11(14)10(4)16(15)7-8(2)12/h8-10H,5-7,12H2,1-4H3,(H,13,14). The van der Waals surface area contributed by atoms with Gasteiger partial charge in [-0.2, -0.15) is 0 Å². The van der Waals surface area contributed by atoms with Crippen molar-refractivity contribution >= 4 is 16.7 Å². The summed E-state index contributed by atoms with van der Waals surface area (Å²) in [7, 11) is -1.18. The Hall–Kier alpha value is -0.420. The predicted octanol–water partition coefficient (Wildman–Crippen LogP) is 0.776. The van der Waals surface area contributed by atoms with Crippen molar-refractivity contribution in [2.24, 2.45) is 5.73 Å². The van der Waals surface area contributed by atoms with Crippen molar-refractivity contribution in [2.75, 3.05) is 5.75 Å². The molecule has 0 aliphatic carbocycles. The summed E-state index contributed by atoms with van der Waals surface area (Å²) in [6.45, 7) is 7.51. The Morgan fingerprint density at radius 3 is 2.38 bits per heavy atom. The van der Waals surface area contributed by atoms with E-state index >= 15 is 0 Å². The topological polar surface area (TPSA) is 72.2 Å². The summed E-state index contributed by atoms with van der Waals surface area (Å²) in [5.41, 5.74) is 5.56. The van der Waals surface area contributed by atoms with E-state index in [4.69, 9.17) is 5.73 Å². The molecule has 0 saturated carbocycles. The van der Waals surface area contributed by atoms with Gasteiger partial charge in [0, 0.05) is 28.6 Å². The lowest BCUT2D eigenvalue weighted by atomic mass is 10.2. The maximum absolute atomic E-state index is 11.7. The van der Waals surface area contributed by atoms with Gasteiger partial charge in [-0.05, 0) is 27.2 Å². The van der Waals surface area contributed by atoms with Crippen LogP contribution in [0.15, 0.2) is 0 Å². The highest BCUT2D eigenvalue weighted by molar-refractivity contribution is 7.86. The van der Waals surface area contributed by atoms with Gasteiger partial charge in [0.05, 0.1) is 0 Å². The molecule has 0 rings (SSSR count). The molecule has 4 atom stereocenters. The first-order valence-electron chi connectivity index (χ1n) is 5.81. The average Bonchev–Trinajstić information content (AvgIpc) is 2.15. The summed E-state index contributed by atoms with van der Waals surface area (Å²) in [6.07, 6.45) is 1.97. The molecule has 0 heterocycles. The van der Waals surface area contributed by atoms with E-state index in [0.717, 1.165) is 12.8 Å². The number of hydrogen-bond acceptors (Lipinski definition) is 3. The van der Waals surface area contributed by atoms with Gasteiger partial charge in [0.1, 0.15) is 5.25 Å². The number of nitrogens with two attached hydrogens (primary N) is 1. The molecule has 0 bridgehead atoms. The minimum atomic E-state index is -1.18. The van der Waals surface area contributed by atoms with Crippen molar-refractivity contribution in [2.45, 2.75) is 57.9 Å². The first kappa shape index (κ1) is 15.6.